The summed E-state index contributed by atoms with van der Waals surface area (Å²) < 4.78 is 0. The molecular weight excluding hydrogens is 386 g/mol. The maximum absolute atomic E-state index is 12.1. The number of benzene rings is 1. The second kappa shape index (κ2) is 9.44. The molecule has 150 valence electrons. The summed E-state index contributed by atoms with van der Waals surface area (Å²) in [5.41, 5.74) is 2.01. The molecule has 1 saturated heterocycles. The van der Waals surface area contributed by atoms with E-state index >= 15 is 0 Å². The van der Waals surface area contributed by atoms with E-state index in [2.05, 4.69) is 59.9 Å². The zero-order chi connectivity index (χ0) is 19.9. The van der Waals surface area contributed by atoms with Crippen LogP contribution >= 0.6 is 11.3 Å². The lowest BCUT2D eigenvalue weighted by Crippen LogP contribution is -2.48. The summed E-state index contributed by atoms with van der Waals surface area (Å²) in [6.07, 6.45) is 1.70. The Balaban J connectivity index is 1.17. The normalized spacial score (nSPS) is 14.6. The van der Waals surface area contributed by atoms with Gasteiger partial charge in [-0.2, -0.15) is 0 Å². The lowest BCUT2D eigenvalue weighted by molar-refractivity contribution is 0.240. The van der Waals surface area contributed by atoms with Crippen LogP contribution in [-0.4, -0.2) is 65.4 Å². The minimum atomic E-state index is -0.267. The predicted molar refractivity (Wildman–Crippen MR) is 115 cm³/mol. The van der Waals surface area contributed by atoms with Gasteiger partial charge >= 0.3 is 6.03 Å². The monoisotopic (exact) mass is 409 g/mol. The Kier molecular flexibility index (Phi) is 6.28. The molecule has 29 heavy (non-hydrogen) atoms. The standard InChI is InChI=1S/C20H23N7OS/c28-19(23-20-25-24-18(29-20)17-8-4-5-9-21-17)22-10-11-26-12-14-27(15-13-26)16-6-2-1-3-7-16/h1-9H,10-15H2,(H2,22,23,25,28). The van der Waals surface area contributed by atoms with Gasteiger partial charge in [-0.15, -0.1) is 10.2 Å². The molecule has 1 fully saturated rings. The van der Waals surface area contributed by atoms with E-state index in [1.165, 1.54) is 17.0 Å². The number of urea groups is 1. The Morgan fingerprint density at radius 2 is 1.79 bits per heavy atom. The third-order valence-corrected chi connectivity index (χ3v) is 5.60. The molecule has 4 rings (SSSR count). The first kappa shape index (κ1) is 19.3. The lowest BCUT2D eigenvalue weighted by atomic mass is 10.2. The molecule has 2 amide bonds. The highest BCUT2D eigenvalue weighted by Crippen LogP contribution is 2.24. The molecule has 9 heteroatoms. The van der Waals surface area contributed by atoms with E-state index in [1.807, 2.05) is 24.3 Å². The van der Waals surface area contributed by atoms with Gasteiger partial charge in [0.1, 0.15) is 5.69 Å². The first-order valence-electron chi connectivity index (χ1n) is 9.60. The summed E-state index contributed by atoms with van der Waals surface area (Å²) in [6, 6.07) is 15.8. The number of carbonyl (C=O) groups excluding carboxylic acids is 1. The number of hydrogen-bond donors (Lipinski definition) is 2. The molecule has 0 radical (unpaired) electrons. The Labute approximate surface area is 173 Å². The molecule has 0 spiro atoms. The molecule has 0 aliphatic carbocycles. The van der Waals surface area contributed by atoms with Crippen molar-refractivity contribution in [2.75, 3.05) is 49.5 Å². The van der Waals surface area contributed by atoms with Gasteiger partial charge in [-0.3, -0.25) is 15.2 Å². The minimum absolute atomic E-state index is 0.267. The average Bonchev–Trinajstić information content (AvgIpc) is 3.24. The molecule has 3 heterocycles. The Morgan fingerprint density at radius 3 is 2.55 bits per heavy atom. The van der Waals surface area contributed by atoms with E-state index in [-0.39, 0.29) is 6.03 Å². The number of para-hydroxylation sites is 1. The first-order chi connectivity index (χ1) is 14.3. The van der Waals surface area contributed by atoms with Crippen molar-refractivity contribution in [2.24, 2.45) is 0 Å². The van der Waals surface area contributed by atoms with Crippen molar-refractivity contribution in [3.05, 3.63) is 54.7 Å². The third-order valence-electron chi connectivity index (χ3n) is 4.74. The van der Waals surface area contributed by atoms with E-state index in [1.54, 1.807) is 6.20 Å². The maximum Gasteiger partial charge on any atom is 0.321 e. The number of nitrogens with zero attached hydrogens (tertiary/aromatic N) is 5. The summed E-state index contributed by atoms with van der Waals surface area (Å²) in [4.78, 5) is 21.1. The van der Waals surface area contributed by atoms with Gasteiger partial charge in [0.25, 0.3) is 0 Å². The number of piperazine rings is 1. The van der Waals surface area contributed by atoms with Crippen molar-refractivity contribution >= 4 is 28.2 Å². The molecule has 0 bridgehead atoms. The fourth-order valence-corrected chi connectivity index (χ4v) is 3.92. The zero-order valence-corrected chi connectivity index (χ0v) is 16.8. The number of pyridine rings is 1. The second-order valence-corrected chi connectivity index (χ2v) is 7.65. The van der Waals surface area contributed by atoms with Crippen molar-refractivity contribution in [1.82, 2.24) is 25.4 Å². The quantitative estimate of drug-likeness (QED) is 0.651. The van der Waals surface area contributed by atoms with Gasteiger partial charge in [-0.25, -0.2) is 4.79 Å². The van der Waals surface area contributed by atoms with Gasteiger partial charge in [0.05, 0.1) is 0 Å². The highest BCUT2D eigenvalue weighted by atomic mass is 32.1. The summed E-state index contributed by atoms with van der Waals surface area (Å²) in [5.74, 6) is 0. The second-order valence-electron chi connectivity index (χ2n) is 6.67. The number of aromatic nitrogens is 3. The van der Waals surface area contributed by atoms with Crippen LogP contribution in [0.25, 0.3) is 10.7 Å². The average molecular weight is 410 g/mol. The van der Waals surface area contributed by atoms with E-state index in [4.69, 9.17) is 0 Å². The van der Waals surface area contributed by atoms with Gasteiger partial charge in [0.15, 0.2) is 5.01 Å². The van der Waals surface area contributed by atoms with Crippen LogP contribution in [0.2, 0.25) is 0 Å². The largest absolute Gasteiger partial charge is 0.369 e. The topological polar surface area (TPSA) is 86.3 Å². The molecular formula is C20H23N7OS. The minimum Gasteiger partial charge on any atom is -0.369 e. The summed E-state index contributed by atoms with van der Waals surface area (Å²) in [6.45, 7) is 5.38. The predicted octanol–water partition coefficient (Wildman–Crippen LogP) is 2.54. The van der Waals surface area contributed by atoms with Crippen LogP contribution in [0.4, 0.5) is 15.6 Å². The van der Waals surface area contributed by atoms with E-state index in [0.717, 1.165) is 38.4 Å². The number of nitrogens with one attached hydrogen (secondary N) is 2. The SMILES string of the molecule is O=C(NCCN1CCN(c2ccccc2)CC1)Nc1nnc(-c2ccccn2)s1. The van der Waals surface area contributed by atoms with Crippen LogP contribution in [0.1, 0.15) is 0 Å². The Hall–Kier alpha value is -3.04. The maximum atomic E-state index is 12.1. The van der Waals surface area contributed by atoms with E-state index in [9.17, 15) is 4.79 Å². The number of carbonyl (C=O) groups is 1. The summed E-state index contributed by atoms with van der Waals surface area (Å²) in [7, 11) is 0. The van der Waals surface area contributed by atoms with Crippen molar-refractivity contribution in [3.63, 3.8) is 0 Å². The first-order valence-corrected chi connectivity index (χ1v) is 10.4. The lowest BCUT2D eigenvalue weighted by Gasteiger charge is -2.36. The molecule has 1 aliphatic rings. The molecule has 0 saturated carbocycles. The number of hydrogen-bond acceptors (Lipinski definition) is 7. The highest BCUT2D eigenvalue weighted by Gasteiger charge is 2.17. The molecule has 2 N–H and O–H groups in total. The zero-order valence-electron chi connectivity index (χ0n) is 16.0. The summed E-state index contributed by atoms with van der Waals surface area (Å²) in [5, 5.41) is 14.8. The van der Waals surface area contributed by atoms with Gasteiger partial charge in [-0.05, 0) is 24.3 Å². The molecule has 3 aromatic rings. The van der Waals surface area contributed by atoms with Gasteiger partial charge in [0, 0.05) is 51.2 Å². The van der Waals surface area contributed by atoms with Crippen molar-refractivity contribution in [2.45, 2.75) is 0 Å². The third kappa shape index (κ3) is 5.27. The molecule has 1 aliphatic heterocycles. The van der Waals surface area contributed by atoms with Crippen LogP contribution in [0.3, 0.4) is 0 Å². The Morgan fingerprint density at radius 1 is 1.00 bits per heavy atom. The summed E-state index contributed by atoms with van der Waals surface area (Å²) >= 11 is 1.30. The van der Waals surface area contributed by atoms with Gasteiger partial charge in [0.2, 0.25) is 5.13 Å². The van der Waals surface area contributed by atoms with Crippen LogP contribution in [0.5, 0.6) is 0 Å². The molecule has 8 nitrogen and oxygen atoms in total. The number of anilines is 2. The van der Waals surface area contributed by atoms with Gasteiger partial charge in [-0.1, -0.05) is 35.6 Å². The molecule has 2 aromatic heterocycles. The number of amides is 2. The molecule has 0 unspecified atom stereocenters. The fourth-order valence-electron chi connectivity index (χ4n) is 3.20. The van der Waals surface area contributed by atoms with Crippen molar-refractivity contribution < 1.29 is 4.79 Å². The smallest absolute Gasteiger partial charge is 0.321 e. The Bertz CT molecular complexity index is 911. The highest BCUT2D eigenvalue weighted by molar-refractivity contribution is 7.18. The fraction of sp³-hybridized carbons (Fsp3) is 0.300. The van der Waals surface area contributed by atoms with Crippen LogP contribution in [-0.2, 0) is 0 Å². The van der Waals surface area contributed by atoms with E-state index in [0.29, 0.717) is 16.7 Å². The van der Waals surface area contributed by atoms with Crippen molar-refractivity contribution in [1.29, 1.82) is 0 Å². The molecule has 1 aromatic carbocycles. The van der Waals surface area contributed by atoms with Crippen LogP contribution in [0, 0.1) is 0 Å². The van der Waals surface area contributed by atoms with Crippen LogP contribution < -0.4 is 15.5 Å². The van der Waals surface area contributed by atoms with Gasteiger partial charge < -0.3 is 10.2 Å². The van der Waals surface area contributed by atoms with Crippen LogP contribution in [0.15, 0.2) is 54.7 Å². The van der Waals surface area contributed by atoms with E-state index < -0.39 is 0 Å². The number of rotatable bonds is 6. The molecule has 0 atom stereocenters. The van der Waals surface area contributed by atoms with Crippen molar-refractivity contribution in [3.8, 4) is 10.7 Å².